The van der Waals surface area contributed by atoms with Crippen molar-refractivity contribution >= 4 is 11.3 Å². The molecule has 0 fully saturated rings. The Hall–Kier alpha value is -0.650. The zero-order valence-electron chi connectivity index (χ0n) is 8.21. The molecule has 80 valence electrons. The van der Waals surface area contributed by atoms with Gasteiger partial charge < -0.3 is 16.0 Å². The number of nitrogens with two attached hydrogens (primary N) is 1. The lowest BCUT2D eigenvalue weighted by Crippen LogP contribution is -2.15. The molecule has 1 aromatic heterocycles. The van der Waals surface area contributed by atoms with E-state index in [9.17, 15) is 4.79 Å². The van der Waals surface area contributed by atoms with Crippen molar-refractivity contribution in [1.82, 2.24) is 10.3 Å². The number of thiazole rings is 1. The SMILES string of the molecule is NCCCCCNCc1csc(=O)[nH]1. The molecular formula is C9H17N3OS. The van der Waals surface area contributed by atoms with Crippen molar-refractivity contribution in [2.24, 2.45) is 5.73 Å². The van der Waals surface area contributed by atoms with Gasteiger partial charge >= 0.3 is 4.87 Å². The van der Waals surface area contributed by atoms with Crippen LogP contribution in [0.15, 0.2) is 10.2 Å². The normalized spacial score (nSPS) is 10.6. The molecule has 0 aliphatic rings. The molecule has 14 heavy (non-hydrogen) atoms. The molecule has 1 aromatic rings. The van der Waals surface area contributed by atoms with Gasteiger partial charge in [-0.15, -0.1) is 0 Å². The van der Waals surface area contributed by atoms with Gasteiger partial charge in [-0.1, -0.05) is 17.8 Å². The molecule has 0 bridgehead atoms. The van der Waals surface area contributed by atoms with Gasteiger partial charge in [-0.25, -0.2) is 0 Å². The van der Waals surface area contributed by atoms with E-state index < -0.39 is 0 Å². The van der Waals surface area contributed by atoms with Crippen LogP contribution in [0.25, 0.3) is 0 Å². The third-order valence-corrected chi connectivity index (χ3v) is 2.66. The Morgan fingerprint density at radius 3 is 2.93 bits per heavy atom. The first-order valence-electron chi connectivity index (χ1n) is 4.90. The van der Waals surface area contributed by atoms with Gasteiger partial charge in [0.25, 0.3) is 0 Å². The van der Waals surface area contributed by atoms with Crippen LogP contribution in [0.1, 0.15) is 25.0 Å². The summed E-state index contributed by atoms with van der Waals surface area (Å²) in [5.74, 6) is 0. The van der Waals surface area contributed by atoms with Gasteiger partial charge in [0, 0.05) is 17.6 Å². The largest absolute Gasteiger partial charge is 0.330 e. The minimum atomic E-state index is 0.0185. The van der Waals surface area contributed by atoms with Crippen molar-refractivity contribution in [3.8, 4) is 0 Å². The first kappa shape index (κ1) is 11.4. The molecule has 0 saturated carbocycles. The fraction of sp³-hybridized carbons (Fsp3) is 0.667. The Bertz CT molecular complexity index is 294. The highest BCUT2D eigenvalue weighted by molar-refractivity contribution is 7.07. The Morgan fingerprint density at radius 1 is 1.43 bits per heavy atom. The molecule has 4 N–H and O–H groups in total. The lowest BCUT2D eigenvalue weighted by atomic mass is 10.2. The summed E-state index contributed by atoms with van der Waals surface area (Å²) in [6.45, 7) is 2.51. The second-order valence-electron chi connectivity index (χ2n) is 3.20. The van der Waals surface area contributed by atoms with Crippen molar-refractivity contribution in [2.45, 2.75) is 25.8 Å². The molecule has 0 spiro atoms. The van der Waals surface area contributed by atoms with Gasteiger partial charge in [-0.2, -0.15) is 0 Å². The predicted molar refractivity (Wildman–Crippen MR) is 59.6 cm³/mol. The first-order valence-corrected chi connectivity index (χ1v) is 5.78. The predicted octanol–water partition coefficient (Wildman–Crippen LogP) is 0.655. The molecular weight excluding hydrogens is 198 g/mol. The van der Waals surface area contributed by atoms with E-state index in [0.29, 0.717) is 0 Å². The van der Waals surface area contributed by atoms with E-state index in [-0.39, 0.29) is 4.87 Å². The van der Waals surface area contributed by atoms with Crippen LogP contribution < -0.4 is 15.9 Å². The summed E-state index contributed by atoms with van der Waals surface area (Å²) < 4.78 is 0. The summed E-state index contributed by atoms with van der Waals surface area (Å²) >= 11 is 1.21. The van der Waals surface area contributed by atoms with Crippen LogP contribution in [0.3, 0.4) is 0 Å². The lowest BCUT2D eigenvalue weighted by Gasteiger charge is -2.01. The van der Waals surface area contributed by atoms with Crippen LogP contribution in [0, 0.1) is 0 Å². The van der Waals surface area contributed by atoms with E-state index in [0.717, 1.165) is 38.2 Å². The van der Waals surface area contributed by atoms with Crippen molar-refractivity contribution in [2.75, 3.05) is 13.1 Å². The molecule has 0 atom stereocenters. The quantitative estimate of drug-likeness (QED) is 0.585. The fourth-order valence-corrected chi connectivity index (χ4v) is 1.78. The zero-order valence-corrected chi connectivity index (χ0v) is 9.03. The standard InChI is InChI=1S/C9H17N3OS/c10-4-2-1-3-5-11-6-8-7-14-9(13)12-8/h7,11H,1-6,10H2,(H,12,13). The van der Waals surface area contributed by atoms with Crippen LogP contribution in [0.5, 0.6) is 0 Å². The van der Waals surface area contributed by atoms with E-state index in [1.165, 1.54) is 17.8 Å². The maximum absolute atomic E-state index is 10.8. The molecule has 5 heteroatoms. The molecule has 0 saturated heterocycles. The molecule has 0 aliphatic carbocycles. The summed E-state index contributed by atoms with van der Waals surface area (Å²) in [6.07, 6.45) is 3.41. The number of nitrogens with one attached hydrogen (secondary N) is 2. The minimum absolute atomic E-state index is 0.0185. The number of rotatable bonds is 7. The van der Waals surface area contributed by atoms with Crippen LogP contribution in [-0.2, 0) is 6.54 Å². The van der Waals surface area contributed by atoms with E-state index in [2.05, 4.69) is 10.3 Å². The number of H-pyrrole nitrogens is 1. The van der Waals surface area contributed by atoms with Gasteiger partial charge in [0.1, 0.15) is 0 Å². The second-order valence-corrected chi connectivity index (χ2v) is 4.04. The van der Waals surface area contributed by atoms with E-state index in [1.807, 2.05) is 5.38 Å². The van der Waals surface area contributed by atoms with Crippen LogP contribution >= 0.6 is 11.3 Å². The van der Waals surface area contributed by atoms with Crippen molar-refractivity contribution in [3.05, 3.63) is 20.7 Å². The number of unbranched alkanes of at least 4 members (excludes halogenated alkanes) is 2. The topological polar surface area (TPSA) is 70.9 Å². The minimum Gasteiger partial charge on any atom is -0.330 e. The Kier molecular flexibility index (Phi) is 5.51. The maximum atomic E-state index is 10.8. The highest BCUT2D eigenvalue weighted by Crippen LogP contribution is 1.95. The van der Waals surface area contributed by atoms with Crippen molar-refractivity contribution in [3.63, 3.8) is 0 Å². The lowest BCUT2D eigenvalue weighted by molar-refractivity contribution is 0.602. The molecule has 0 unspecified atom stereocenters. The van der Waals surface area contributed by atoms with Crippen LogP contribution in [0.4, 0.5) is 0 Å². The Morgan fingerprint density at radius 2 is 2.29 bits per heavy atom. The summed E-state index contributed by atoms with van der Waals surface area (Å²) in [5, 5.41) is 5.13. The molecule has 4 nitrogen and oxygen atoms in total. The molecule has 0 radical (unpaired) electrons. The van der Waals surface area contributed by atoms with E-state index in [4.69, 9.17) is 5.73 Å². The van der Waals surface area contributed by atoms with Gasteiger partial charge in [-0.05, 0) is 25.9 Å². The van der Waals surface area contributed by atoms with Crippen LogP contribution in [-0.4, -0.2) is 18.1 Å². The van der Waals surface area contributed by atoms with Gasteiger partial charge in [-0.3, -0.25) is 4.79 Å². The number of hydrogen-bond donors (Lipinski definition) is 3. The molecule has 1 rings (SSSR count). The van der Waals surface area contributed by atoms with Crippen LogP contribution in [0.2, 0.25) is 0 Å². The molecule has 0 aromatic carbocycles. The van der Waals surface area contributed by atoms with Crippen molar-refractivity contribution < 1.29 is 0 Å². The van der Waals surface area contributed by atoms with E-state index >= 15 is 0 Å². The third-order valence-electron chi connectivity index (χ3n) is 1.94. The van der Waals surface area contributed by atoms with Crippen molar-refractivity contribution in [1.29, 1.82) is 0 Å². The Balaban J connectivity index is 2.02. The summed E-state index contributed by atoms with van der Waals surface area (Å²) in [7, 11) is 0. The van der Waals surface area contributed by atoms with Gasteiger partial charge in [0.15, 0.2) is 0 Å². The molecule has 0 aliphatic heterocycles. The highest BCUT2D eigenvalue weighted by Gasteiger charge is 1.95. The second kappa shape index (κ2) is 6.75. The monoisotopic (exact) mass is 215 g/mol. The molecule has 0 amide bonds. The number of hydrogen-bond acceptors (Lipinski definition) is 4. The highest BCUT2D eigenvalue weighted by atomic mass is 32.1. The smallest absolute Gasteiger partial charge is 0.304 e. The number of aromatic nitrogens is 1. The fourth-order valence-electron chi connectivity index (χ4n) is 1.19. The first-order chi connectivity index (χ1) is 6.83. The summed E-state index contributed by atoms with van der Waals surface area (Å²) in [6, 6.07) is 0. The molecule has 1 heterocycles. The van der Waals surface area contributed by atoms with Gasteiger partial charge in [0.2, 0.25) is 0 Å². The van der Waals surface area contributed by atoms with E-state index in [1.54, 1.807) is 0 Å². The van der Waals surface area contributed by atoms with Gasteiger partial charge in [0.05, 0.1) is 0 Å². The average molecular weight is 215 g/mol. The third kappa shape index (κ3) is 4.55. The summed E-state index contributed by atoms with van der Waals surface area (Å²) in [4.78, 5) is 13.6. The summed E-state index contributed by atoms with van der Waals surface area (Å²) in [5.41, 5.74) is 6.35. The zero-order chi connectivity index (χ0) is 10.2. The average Bonchev–Trinajstić information content (AvgIpc) is 2.58. The maximum Gasteiger partial charge on any atom is 0.304 e. The Labute approximate surface area is 87.5 Å². The number of aromatic amines is 1.